The smallest absolute Gasteiger partial charge is 0.123 e. The molecule has 20 heavy (non-hydrogen) atoms. The second kappa shape index (κ2) is 6.04. The van der Waals surface area contributed by atoms with Crippen LogP contribution in [-0.2, 0) is 0 Å². The van der Waals surface area contributed by atoms with Crippen LogP contribution in [0.2, 0.25) is 0 Å². The van der Waals surface area contributed by atoms with Crippen molar-refractivity contribution >= 4 is 11.3 Å². The number of hydrogen-bond donors (Lipinski definition) is 1. The zero-order valence-electron chi connectivity index (χ0n) is 11.6. The fourth-order valence-corrected chi connectivity index (χ4v) is 3.54. The Hall–Kier alpha value is -1.23. The number of nitrogens with one attached hydrogen (secondary N) is 1. The molecular formula is C16H19FN2S. The molecule has 4 heteroatoms. The fourth-order valence-electron chi connectivity index (χ4n) is 2.86. The molecule has 0 spiro atoms. The average molecular weight is 290 g/mol. The van der Waals surface area contributed by atoms with Crippen LogP contribution in [0.3, 0.4) is 0 Å². The predicted octanol–water partition coefficient (Wildman–Crippen LogP) is 3.19. The third kappa shape index (κ3) is 2.77. The van der Waals surface area contributed by atoms with Crippen molar-refractivity contribution in [2.24, 2.45) is 0 Å². The first-order valence-electron chi connectivity index (χ1n) is 6.98. The van der Waals surface area contributed by atoms with Crippen molar-refractivity contribution in [3.05, 3.63) is 57.5 Å². The summed E-state index contributed by atoms with van der Waals surface area (Å²) in [5.41, 5.74) is 3.51. The SMILES string of the molecule is Cc1ccc(F)cc1[C@@H](c1ccsc1)N1CCNCC1. The highest BCUT2D eigenvalue weighted by Gasteiger charge is 2.25. The number of piperazine rings is 1. The van der Waals surface area contributed by atoms with Crippen molar-refractivity contribution in [1.82, 2.24) is 10.2 Å². The largest absolute Gasteiger partial charge is 0.314 e. The van der Waals surface area contributed by atoms with Gasteiger partial charge in [-0.1, -0.05) is 6.07 Å². The summed E-state index contributed by atoms with van der Waals surface area (Å²) in [5, 5.41) is 7.65. The van der Waals surface area contributed by atoms with Crippen LogP contribution in [0, 0.1) is 12.7 Å². The summed E-state index contributed by atoms with van der Waals surface area (Å²) in [7, 11) is 0. The van der Waals surface area contributed by atoms with Crippen molar-refractivity contribution in [3.8, 4) is 0 Å². The standard InChI is InChI=1S/C16H19FN2S/c1-12-2-3-14(17)10-15(12)16(13-4-9-20-11-13)19-7-5-18-6-8-19/h2-4,9-11,16,18H,5-8H2,1H3/t16-/m1/s1. The molecule has 1 atom stereocenters. The Morgan fingerprint density at radius 1 is 1.25 bits per heavy atom. The summed E-state index contributed by atoms with van der Waals surface area (Å²) in [6, 6.07) is 7.44. The van der Waals surface area contributed by atoms with Crippen molar-refractivity contribution < 1.29 is 4.39 Å². The molecule has 1 saturated heterocycles. The molecule has 1 aliphatic rings. The zero-order valence-corrected chi connectivity index (χ0v) is 12.4. The van der Waals surface area contributed by atoms with Gasteiger partial charge in [0.05, 0.1) is 6.04 Å². The second-order valence-electron chi connectivity index (χ2n) is 5.25. The summed E-state index contributed by atoms with van der Waals surface area (Å²) >= 11 is 1.70. The van der Waals surface area contributed by atoms with Gasteiger partial charge < -0.3 is 5.32 Å². The van der Waals surface area contributed by atoms with Crippen molar-refractivity contribution in [3.63, 3.8) is 0 Å². The molecule has 1 N–H and O–H groups in total. The van der Waals surface area contributed by atoms with Crippen LogP contribution in [0.25, 0.3) is 0 Å². The highest BCUT2D eigenvalue weighted by atomic mass is 32.1. The Morgan fingerprint density at radius 3 is 2.75 bits per heavy atom. The van der Waals surface area contributed by atoms with E-state index in [0.717, 1.165) is 37.3 Å². The first kappa shape index (κ1) is 13.7. The molecule has 1 aliphatic heterocycles. The summed E-state index contributed by atoms with van der Waals surface area (Å²) in [4.78, 5) is 2.44. The van der Waals surface area contributed by atoms with Gasteiger partial charge in [0.25, 0.3) is 0 Å². The van der Waals surface area contributed by atoms with Crippen LogP contribution >= 0.6 is 11.3 Å². The fraction of sp³-hybridized carbons (Fsp3) is 0.375. The third-order valence-corrected chi connectivity index (χ3v) is 4.61. The van der Waals surface area contributed by atoms with Gasteiger partial charge in [0.2, 0.25) is 0 Å². The summed E-state index contributed by atoms with van der Waals surface area (Å²) in [6.45, 7) is 6.05. The number of aryl methyl sites for hydroxylation is 1. The lowest BCUT2D eigenvalue weighted by molar-refractivity contribution is 0.198. The molecule has 0 aliphatic carbocycles. The molecule has 0 bridgehead atoms. The minimum atomic E-state index is -0.152. The highest BCUT2D eigenvalue weighted by molar-refractivity contribution is 7.08. The zero-order chi connectivity index (χ0) is 13.9. The maximum absolute atomic E-state index is 13.7. The Balaban J connectivity index is 2.02. The van der Waals surface area contributed by atoms with Gasteiger partial charge in [0.15, 0.2) is 0 Å². The van der Waals surface area contributed by atoms with E-state index < -0.39 is 0 Å². The number of benzene rings is 1. The van der Waals surface area contributed by atoms with Crippen LogP contribution in [0.4, 0.5) is 4.39 Å². The van der Waals surface area contributed by atoms with E-state index in [9.17, 15) is 4.39 Å². The maximum Gasteiger partial charge on any atom is 0.123 e. The van der Waals surface area contributed by atoms with E-state index in [-0.39, 0.29) is 11.9 Å². The summed E-state index contributed by atoms with van der Waals surface area (Å²) in [5.74, 6) is -0.152. The molecule has 0 amide bonds. The third-order valence-electron chi connectivity index (χ3n) is 3.91. The minimum absolute atomic E-state index is 0.152. The Bertz CT molecular complexity index is 562. The molecule has 3 rings (SSSR count). The van der Waals surface area contributed by atoms with Gasteiger partial charge in [-0.2, -0.15) is 11.3 Å². The van der Waals surface area contributed by atoms with E-state index in [1.807, 2.05) is 6.07 Å². The van der Waals surface area contributed by atoms with Gasteiger partial charge in [-0.25, -0.2) is 4.39 Å². The van der Waals surface area contributed by atoms with Gasteiger partial charge in [0, 0.05) is 26.2 Å². The molecule has 2 heterocycles. The number of rotatable bonds is 3. The number of nitrogens with zero attached hydrogens (tertiary/aromatic N) is 1. The molecule has 106 valence electrons. The predicted molar refractivity (Wildman–Crippen MR) is 81.7 cm³/mol. The van der Waals surface area contributed by atoms with Crippen molar-refractivity contribution in [2.75, 3.05) is 26.2 Å². The Morgan fingerprint density at radius 2 is 2.05 bits per heavy atom. The molecule has 1 fully saturated rings. The topological polar surface area (TPSA) is 15.3 Å². The molecular weight excluding hydrogens is 271 g/mol. The van der Waals surface area contributed by atoms with Gasteiger partial charge >= 0.3 is 0 Å². The molecule has 0 saturated carbocycles. The number of halogens is 1. The lowest BCUT2D eigenvalue weighted by Gasteiger charge is -2.35. The second-order valence-corrected chi connectivity index (χ2v) is 6.03. The average Bonchev–Trinajstić information content (AvgIpc) is 2.98. The Kier molecular flexibility index (Phi) is 4.15. The van der Waals surface area contributed by atoms with E-state index in [0.29, 0.717) is 0 Å². The summed E-state index contributed by atoms with van der Waals surface area (Å²) < 4.78 is 13.7. The van der Waals surface area contributed by atoms with Crippen LogP contribution in [-0.4, -0.2) is 31.1 Å². The first-order chi connectivity index (χ1) is 9.75. The number of hydrogen-bond acceptors (Lipinski definition) is 3. The molecule has 1 aromatic carbocycles. The van der Waals surface area contributed by atoms with E-state index in [1.54, 1.807) is 23.5 Å². The maximum atomic E-state index is 13.7. The monoisotopic (exact) mass is 290 g/mol. The quantitative estimate of drug-likeness (QED) is 0.934. The normalized spacial score (nSPS) is 18.1. The molecule has 0 unspecified atom stereocenters. The van der Waals surface area contributed by atoms with Gasteiger partial charge in [-0.15, -0.1) is 0 Å². The van der Waals surface area contributed by atoms with E-state index in [2.05, 4.69) is 34.0 Å². The van der Waals surface area contributed by atoms with Crippen LogP contribution in [0.1, 0.15) is 22.7 Å². The van der Waals surface area contributed by atoms with Crippen molar-refractivity contribution in [1.29, 1.82) is 0 Å². The highest BCUT2D eigenvalue weighted by Crippen LogP contribution is 2.32. The van der Waals surface area contributed by atoms with Crippen LogP contribution < -0.4 is 5.32 Å². The number of thiophene rings is 1. The Labute approximate surface area is 123 Å². The van der Waals surface area contributed by atoms with Crippen molar-refractivity contribution in [2.45, 2.75) is 13.0 Å². The van der Waals surface area contributed by atoms with Crippen LogP contribution in [0.5, 0.6) is 0 Å². The van der Waals surface area contributed by atoms with Gasteiger partial charge in [0.1, 0.15) is 5.82 Å². The molecule has 1 aromatic heterocycles. The van der Waals surface area contributed by atoms with Crippen LogP contribution in [0.15, 0.2) is 35.0 Å². The first-order valence-corrected chi connectivity index (χ1v) is 7.93. The summed E-state index contributed by atoms with van der Waals surface area (Å²) in [6.07, 6.45) is 0. The molecule has 2 nitrogen and oxygen atoms in total. The van der Waals surface area contributed by atoms with Gasteiger partial charge in [-0.3, -0.25) is 4.90 Å². The lowest BCUT2D eigenvalue weighted by Crippen LogP contribution is -2.45. The minimum Gasteiger partial charge on any atom is -0.314 e. The molecule has 0 radical (unpaired) electrons. The van der Waals surface area contributed by atoms with E-state index in [4.69, 9.17) is 0 Å². The van der Waals surface area contributed by atoms with E-state index in [1.165, 1.54) is 5.56 Å². The molecule has 2 aromatic rings. The van der Waals surface area contributed by atoms with E-state index >= 15 is 0 Å². The van der Waals surface area contributed by atoms with Gasteiger partial charge in [-0.05, 0) is 52.6 Å². The lowest BCUT2D eigenvalue weighted by atomic mass is 9.94.